The third kappa shape index (κ3) is 4.27. The number of aromatic nitrogens is 1. The van der Waals surface area contributed by atoms with Gasteiger partial charge < -0.3 is 14.5 Å². The summed E-state index contributed by atoms with van der Waals surface area (Å²) in [6.07, 6.45) is -4.93. The molecule has 1 N–H and O–H groups in total. The van der Waals surface area contributed by atoms with Gasteiger partial charge in [0, 0.05) is 17.1 Å². The lowest BCUT2D eigenvalue weighted by molar-refractivity contribution is -0.276. The summed E-state index contributed by atoms with van der Waals surface area (Å²) in [7, 11) is 0. The molecule has 1 rings (SSSR count). The van der Waals surface area contributed by atoms with E-state index in [-0.39, 0.29) is 23.2 Å². The minimum Gasteiger partial charge on any atom is -0.462 e. The zero-order chi connectivity index (χ0) is 14.6. The fourth-order valence-corrected chi connectivity index (χ4v) is 1.71. The van der Waals surface area contributed by atoms with E-state index in [1.807, 2.05) is 0 Å². The van der Waals surface area contributed by atoms with Crippen LogP contribution >= 0.6 is 15.9 Å². The summed E-state index contributed by atoms with van der Waals surface area (Å²) in [6.45, 7) is 1.59. The molecule has 0 aliphatic carbocycles. The molecule has 9 heteroatoms. The topological polar surface area (TPSA) is 68.4 Å². The molecule has 0 aliphatic heterocycles. The summed E-state index contributed by atoms with van der Waals surface area (Å²) < 4.78 is 44.4. The van der Waals surface area contributed by atoms with Gasteiger partial charge in [0.05, 0.1) is 6.61 Å². The van der Waals surface area contributed by atoms with Crippen molar-refractivity contribution in [2.75, 3.05) is 6.61 Å². The Morgan fingerprint density at radius 2 is 2.11 bits per heavy atom. The van der Waals surface area contributed by atoms with E-state index < -0.39 is 23.6 Å². The predicted molar refractivity (Wildman–Crippen MR) is 62.3 cm³/mol. The maximum absolute atomic E-state index is 12.0. The summed E-state index contributed by atoms with van der Waals surface area (Å²) in [4.78, 5) is 25.4. The Hall–Kier alpha value is -1.51. The van der Waals surface area contributed by atoms with Crippen LogP contribution in [0.25, 0.3) is 0 Å². The Labute approximate surface area is 113 Å². The number of ether oxygens (including phenoxy) is 2. The van der Waals surface area contributed by atoms with Crippen LogP contribution in [0.4, 0.5) is 13.2 Å². The number of esters is 1. The van der Waals surface area contributed by atoms with Gasteiger partial charge in [-0.15, -0.1) is 13.2 Å². The third-order valence-electron chi connectivity index (χ3n) is 1.92. The number of alkyl halides is 4. The fourth-order valence-electron chi connectivity index (χ4n) is 1.29. The molecule has 0 aromatic carbocycles. The number of carbonyl (C=O) groups excluding carboxylic acids is 1. The number of aromatic amines is 1. The monoisotopic (exact) mass is 343 g/mol. The van der Waals surface area contributed by atoms with Gasteiger partial charge in [0.1, 0.15) is 5.56 Å². The van der Waals surface area contributed by atoms with Crippen molar-refractivity contribution in [2.24, 2.45) is 0 Å². The van der Waals surface area contributed by atoms with E-state index in [1.54, 1.807) is 6.92 Å². The van der Waals surface area contributed by atoms with Crippen molar-refractivity contribution in [3.63, 3.8) is 0 Å². The second-order valence-corrected chi connectivity index (χ2v) is 3.81. The Morgan fingerprint density at radius 3 is 2.58 bits per heavy atom. The molecule has 0 spiro atoms. The lowest BCUT2D eigenvalue weighted by Gasteiger charge is -2.11. The Balaban J connectivity index is 3.23. The lowest BCUT2D eigenvalue weighted by atomic mass is 10.2. The summed E-state index contributed by atoms with van der Waals surface area (Å²) in [5.74, 6) is -1.70. The SMILES string of the molecule is CCOC(=O)c1c(CBr)[nH]c(OC(F)(F)F)cc1=O. The summed E-state index contributed by atoms with van der Waals surface area (Å²) in [5.41, 5.74) is -1.32. The Kier molecular flexibility index (Phi) is 4.98. The molecule has 106 valence electrons. The molecule has 1 heterocycles. The van der Waals surface area contributed by atoms with Gasteiger partial charge in [-0.2, -0.15) is 0 Å². The second kappa shape index (κ2) is 6.09. The second-order valence-electron chi connectivity index (χ2n) is 3.25. The van der Waals surface area contributed by atoms with Gasteiger partial charge in [-0.3, -0.25) is 4.79 Å². The van der Waals surface area contributed by atoms with Crippen molar-refractivity contribution < 1.29 is 27.4 Å². The van der Waals surface area contributed by atoms with Crippen molar-refractivity contribution in [3.05, 3.63) is 27.5 Å². The van der Waals surface area contributed by atoms with Gasteiger partial charge in [-0.05, 0) is 6.92 Å². The first-order chi connectivity index (χ1) is 8.78. The van der Waals surface area contributed by atoms with Crippen molar-refractivity contribution in [2.45, 2.75) is 18.6 Å². The standard InChI is InChI=1S/C10H9BrF3NO4/c1-2-18-9(17)8-5(4-11)15-7(3-6(8)16)19-10(12,13)14/h3H,2,4H2,1H3,(H,15,16). The molecule has 0 bridgehead atoms. The van der Waals surface area contributed by atoms with Crippen LogP contribution in [0.3, 0.4) is 0 Å². The minimum atomic E-state index is -4.93. The van der Waals surface area contributed by atoms with E-state index in [4.69, 9.17) is 0 Å². The summed E-state index contributed by atoms with van der Waals surface area (Å²) in [5, 5.41) is -0.0363. The number of rotatable bonds is 4. The van der Waals surface area contributed by atoms with Crippen LogP contribution in [0.2, 0.25) is 0 Å². The molecular weight excluding hydrogens is 335 g/mol. The number of H-pyrrole nitrogens is 1. The molecule has 1 aromatic heterocycles. The highest BCUT2D eigenvalue weighted by atomic mass is 79.9. The van der Waals surface area contributed by atoms with Gasteiger partial charge in [0.25, 0.3) is 0 Å². The van der Waals surface area contributed by atoms with Crippen LogP contribution in [0.1, 0.15) is 23.0 Å². The van der Waals surface area contributed by atoms with Crippen molar-refractivity contribution in [3.8, 4) is 5.88 Å². The quantitative estimate of drug-likeness (QED) is 0.673. The van der Waals surface area contributed by atoms with E-state index >= 15 is 0 Å². The summed E-state index contributed by atoms with van der Waals surface area (Å²) in [6, 6.07) is 0.548. The number of hydrogen-bond acceptors (Lipinski definition) is 4. The highest BCUT2D eigenvalue weighted by molar-refractivity contribution is 9.08. The van der Waals surface area contributed by atoms with Crippen LogP contribution in [-0.4, -0.2) is 23.9 Å². The summed E-state index contributed by atoms with van der Waals surface area (Å²) >= 11 is 2.96. The Morgan fingerprint density at radius 1 is 1.47 bits per heavy atom. The molecule has 0 radical (unpaired) electrons. The highest BCUT2D eigenvalue weighted by Gasteiger charge is 2.32. The Bertz CT molecular complexity index is 526. The number of pyridine rings is 1. The number of nitrogens with one attached hydrogen (secondary N) is 1. The van der Waals surface area contributed by atoms with Gasteiger partial charge in [-0.1, -0.05) is 15.9 Å². The predicted octanol–water partition coefficient (Wildman–Crippen LogP) is 2.35. The molecule has 0 atom stereocenters. The van der Waals surface area contributed by atoms with E-state index in [0.717, 1.165) is 0 Å². The number of hydrogen-bond donors (Lipinski definition) is 1. The van der Waals surface area contributed by atoms with E-state index in [0.29, 0.717) is 6.07 Å². The molecule has 0 aliphatic rings. The zero-order valence-electron chi connectivity index (χ0n) is 9.64. The molecule has 0 saturated heterocycles. The molecule has 19 heavy (non-hydrogen) atoms. The van der Waals surface area contributed by atoms with Gasteiger partial charge in [-0.25, -0.2) is 4.79 Å². The van der Waals surface area contributed by atoms with Crippen LogP contribution < -0.4 is 10.2 Å². The zero-order valence-corrected chi connectivity index (χ0v) is 11.2. The van der Waals surface area contributed by atoms with Gasteiger partial charge in [0.2, 0.25) is 5.88 Å². The normalized spacial score (nSPS) is 11.2. The van der Waals surface area contributed by atoms with E-state index in [9.17, 15) is 22.8 Å². The third-order valence-corrected chi connectivity index (χ3v) is 2.48. The molecule has 0 saturated carbocycles. The maximum Gasteiger partial charge on any atom is 0.574 e. The van der Waals surface area contributed by atoms with Crippen molar-refractivity contribution >= 4 is 21.9 Å². The number of halogens is 4. The fraction of sp³-hybridized carbons (Fsp3) is 0.400. The first kappa shape index (κ1) is 15.5. The van der Waals surface area contributed by atoms with Crippen LogP contribution in [0.15, 0.2) is 10.9 Å². The van der Waals surface area contributed by atoms with E-state index in [2.05, 4.69) is 30.4 Å². The smallest absolute Gasteiger partial charge is 0.462 e. The molecule has 5 nitrogen and oxygen atoms in total. The largest absolute Gasteiger partial charge is 0.574 e. The molecular formula is C10H9BrF3NO4. The average molecular weight is 344 g/mol. The molecule has 1 aromatic rings. The van der Waals surface area contributed by atoms with Crippen LogP contribution in [0, 0.1) is 0 Å². The molecule has 0 fully saturated rings. The van der Waals surface area contributed by atoms with Crippen molar-refractivity contribution in [1.82, 2.24) is 4.98 Å². The first-order valence-electron chi connectivity index (χ1n) is 5.03. The average Bonchev–Trinajstić information content (AvgIpc) is 2.25. The van der Waals surface area contributed by atoms with E-state index in [1.165, 1.54) is 0 Å². The maximum atomic E-state index is 12.0. The minimum absolute atomic E-state index is 0.0363. The number of carbonyl (C=O) groups is 1. The van der Waals surface area contributed by atoms with Crippen LogP contribution in [0.5, 0.6) is 5.88 Å². The van der Waals surface area contributed by atoms with Crippen LogP contribution in [-0.2, 0) is 10.1 Å². The van der Waals surface area contributed by atoms with Crippen molar-refractivity contribution in [1.29, 1.82) is 0 Å². The lowest BCUT2D eigenvalue weighted by Crippen LogP contribution is -2.24. The van der Waals surface area contributed by atoms with Gasteiger partial charge >= 0.3 is 12.3 Å². The molecule has 0 amide bonds. The highest BCUT2D eigenvalue weighted by Crippen LogP contribution is 2.21. The molecule has 0 unspecified atom stereocenters. The van der Waals surface area contributed by atoms with Gasteiger partial charge in [0.15, 0.2) is 5.43 Å². The first-order valence-corrected chi connectivity index (χ1v) is 6.15.